The minimum absolute atomic E-state index is 0.161. The summed E-state index contributed by atoms with van der Waals surface area (Å²) in [5, 5.41) is 19.5. The molecule has 0 aromatic heterocycles. The van der Waals surface area contributed by atoms with Gasteiger partial charge in [0, 0.05) is 11.8 Å². The van der Waals surface area contributed by atoms with Gasteiger partial charge in [-0.05, 0) is 46.0 Å². The first-order valence-corrected chi connectivity index (χ1v) is 6.70. The fraction of sp³-hybridized carbons (Fsp3) is 0.733. The van der Waals surface area contributed by atoms with Crippen LogP contribution in [-0.4, -0.2) is 21.6 Å². The molecular weight excluding hydrogens is 228 g/mol. The third-order valence-corrected chi connectivity index (χ3v) is 4.82. The molecule has 0 bridgehead atoms. The van der Waals surface area contributed by atoms with Crippen molar-refractivity contribution >= 4 is 0 Å². The molecule has 0 aromatic rings. The molecule has 0 radical (unpaired) electrons. The van der Waals surface area contributed by atoms with E-state index in [0.717, 1.165) is 19.3 Å². The van der Waals surface area contributed by atoms with E-state index in [1.165, 1.54) is 5.57 Å². The van der Waals surface area contributed by atoms with Gasteiger partial charge < -0.3 is 5.11 Å². The lowest BCUT2D eigenvalue weighted by Gasteiger charge is -2.35. The highest BCUT2D eigenvalue weighted by atomic mass is 17.1. The quantitative estimate of drug-likeness (QED) is 0.451. The Bertz CT molecular complexity index is 366. The number of hydrogen-bond acceptors (Lipinski definition) is 3. The van der Waals surface area contributed by atoms with E-state index in [1.54, 1.807) is 0 Å². The Morgan fingerprint density at radius 3 is 2.72 bits per heavy atom. The minimum Gasteiger partial charge on any atom is -0.390 e. The van der Waals surface area contributed by atoms with Crippen LogP contribution in [0.25, 0.3) is 0 Å². The molecule has 2 aliphatic rings. The van der Waals surface area contributed by atoms with Gasteiger partial charge in [0.1, 0.15) is 5.60 Å². The van der Waals surface area contributed by atoms with Crippen LogP contribution in [0.5, 0.6) is 0 Å². The molecule has 3 heteroatoms. The molecule has 0 saturated heterocycles. The van der Waals surface area contributed by atoms with Crippen LogP contribution in [0.3, 0.4) is 0 Å². The van der Waals surface area contributed by atoms with Gasteiger partial charge in [0.15, 0.2) is 0 Å². The third-order valence-electron chi connectivity index (χ3n) is 4.82. The summed E-state index contributed by atoms with van der Waals surface area (Å²) in [6, 6.07) is 0. The average molecular weight is 252 g/mol. The second kappa shape index (κ2) is 4.48. The molecule has 102 valence electrons. The van der Waals surface area contributed by atoms with Crippen LogP contribution < -0.4 is 0 Å². The Kier molecular flexibility index (Phi) is 3.43. The van der Waals surface area contributed by atoms with E-state index >= 15 is 0 Å². The zero-order chi connectivity index (χ0) is 13.6. The molecule has 18 heavy (non-hydrogen) atoms. The van der Waals surface area contributed by atoms with Crippen LogP contribution in [0, 0.1) is 17.8 Å². The van der Waals surface area contributed by atoms with Gasteiger partial charge in [0.05, 0.1) is 5.60 Å². The highest BCUT2D eigenvalue weighted by Gasteiger charge is 2.47. The summed E-state index contributed by atoms with van der Waals surface area (Å²) in [4.78, 5) is 4.72. The topological polar surface area (TPSA) is 49.7 Å². The molecule has 0 aliphatic heterocycles. The Balaban J connectivity index is 2.28. The maximum atomic E-state index is 10.3. The van der Waals surface area contributed by atoms with E-state index in [-0.39, 0.29) is 17.8 Å². The smallest absolute Gasteiger partial charge is 0.122 e. The molecule has 3 nitrogen and oxygen atoms in total. The molecule has 2 N–H and O–H groups in total. The van der Waals surface area contributed by atoms with Gasteiger partial charge in [-0.2, -0.15) is 0 Å². The van der Waals surface area contributed by atoms with Crippen molar-refractivity contribution in [3.05, 3.63) is 24.3 Å². The first-order valence-electron chi connectivity index (χ1n) is 6.70. The van der Waals surface area contributed by atoms with E-state index in [2.05, 4.69) is 12.7 Å². The third kappa shape index (κ3) is 2.27. The van der Waals surface area contributed by atoms with Gasteiger partial charge >= 0.3 is 0 Å². The van der Waals surface area contributed by atoms with Crippen LogP contribution in [0.1, 0.15) is 40.0 Å². The summed E-state index contributed by atoms with van der Waals surface area (Å²) >= 11 is 0. The van der Waals surface area contributed by atoms with Crippen molar-refractivity contribution in [3.8, 4) is 0 Å². The number of fused-ring (bicyclic) bond motifs is 1. The van der Waals surface area contributed by atoms with Crippen molar-refractivity contribution in [2.24, 2.45) is 17.8 Å². The van der Waals surface area contributed by atoms with Crippen molar-refractivity contribution in [1.29, 1.82) is 0 Å². The monoisotopic (exact) mass is 252 g/mol. The summed E-state index contributed by atoms with van der Waals surface area (Å²) in [6.07, 6.45) is 6.75. The van der Waals surface area contributed by atoms with E-state index < -0.39 is 11.2 Å². The van der Waals surface area contributed by atoms with Gasteiger partial charge in [-0.15, -0.1) is 0 Å². The second-order valence-electron chi connectivity index (χ2n) is 6.55. The number of allylic oxidation sites excluding steroid dienone is 2. The Hall–Kier alpha value is -0.640. The van der Waals surface area contributed by atoms with Crippen LogP contribution in [-0.2, 0) is 4.89 Å². The van der Waals surface area contributed by atoms with Crippen LogP contribution in [0.15, 0.2) is 24.3 Å². The van der Waals surface area contributed by atoms with Crippen molar-refractivity contribution in [2.45, 2.75) is 51.2 Å². The highest BCUT2D eigenvalue weighted by molar-refractivity contribution is 5.26. The summed E-state index contributed by atoms with van der Waals surface area (Å²) in [7, 11) is 0. The molecule has 0 spiro atoms. The van der Waals surface area contributed by atoms with Crippen LogP contribution in [0.4, 0.5) is 0 Å². The number of hydrogen-bond donors (Lipinski definition) is 2. The Labute approximate surface area is 109 Å². The first-order chi connectivity index (χ1) is 8.28. The van der Waals surface area contributed by atoms with Gasteiger partial charge in [-0.3, -0.25) is 5.26 Å². The highest BCUT2D eigenvalue weighted by Crippen LogP contribution is 2.49. The predicted molar refractivity (Wildman–Crippen MR) is 71.0 cm³/mol. The molecule has 2 rings (SSSR count). The number of aliphatic hydroxyl groups is 1. The molecular formula is C15H24O3. The lowest BCUT2D eigenvalue weighted by molar-refractivity contribution is -0.316. The molecule has 0 amide bonds. The van der Waals surface area contributed by atoms with E-state index in [9.17, 15) is 10.4 Å². The fourth-order valence-electron chi connectivity index (χ4n) is 3.40. The molecule has 0 heterocycles. The van der Waals surface area contributed by atoms with Crippen molar-refractivity contribution < 1.29 is 15.3 Å². The van der Waals surface area contributed by atoms with Gasteiger partial charge in [-0.1, -0.05) is 24.3 Å². The number of rotatable bonds is 2. The SMILES string of the molecule is C=C1CC[C@H](C(C)(C)O)C[C@@H]2[C@@H]1C=C[C@@]2(C)OO. The summed E-state index contributed by atoms with van der Waals surface area (Å²) < 4.78 is 0. The van der Waals surface area contributed by atoms with E-state index in [0.29, 0.717) is 0 Å². The zero-order valence-corrected chi connectivity index (χ0v) is 11.5. The maximum Gasteiger partial charge on any atom is 0.122 e. The van der Waals surface area contributed by atoms with Crippen molar-refractivity contribution in [1.82, 2.24) is 0 Å². The largest absolute Gasteiger partial charge is 0.390 e. The Morgan fingerprint density at radius 1 is 1.50 bits per heavy atom. The summed E-state index contributed by atoms with van der Waals surface area (Å²) in [5.74, 6) is 0.627. The van der Waals surface area contributed by atoms with Crippen LogP contribution >= 0.6 is 0 Å². The minimum atomic E-state index is -0.700. The van der Waals surface area contributed by atoms with E-state index in [1.807, 2.05) is 26.8 Å². The normalized spacial score (nSPS) is 40.7. The lowest BCUT2D eigenvalue weighted by Crippen LogP contribution is -2.39. The van der Waals surface area contributed by atoms with Gasteiger partial charge in [-0.25, -0.2) is 4.89 Å². The second-order valence-corrected chi connectivity index (χ2v) is 6.55. The molecule has 1 saturated carbocycles. The van der Waals surface area contributed by atoms with E-state index in [4.69, 9.17) is 4.89 Å². The average Bonchev–Trinajstić information content (AvgIpc) is 2.49. The van der Waals surface area contributed by atoms with Gasteiger partial charge in [0.2, 0.25) is 0 Å². The molecule has 2 aliphatic carbocycles. The first kappa shape index (κ1) is 13.8. The summed E-state index contributed by atoms with van der Waals surface area (Å²) in [5.41, 5.74) is -0.168. The molecule has 4 atom stereocenters. The van der Waals surface area contributed by atoms with Crippen molar-refractivity contribution in [3.63, 3.8) is 0 Å². The lowest BCUT2D eigenvalue weighted by atomic mass is 9.75. The van der Waals surface area contributed by atoms with Crippen molar-refractivity contribution in [2.75, 3.05) is 0 Å². The summed E-state index contributed by atoms with van der Waals surface area (Å²) in [6.45, 7) is 9.78. The molecule has 0 aromatic carbocycles. The zero-order valence-electron chi connectivity index (χ0n) is 11.5. The molecule has 1 fully saturated rings. The standard InChI is InChI=1S/C15H24O3/c1-10-5-6-11(14(2,3)16)9-13-12(10)7-8-15(13,4)18-17/h7-8,11-13,16-17H,1,5-6,9H2,2-4H3/t11-,12+,13+,15+/m0/s1. The maximum absolute atomic E-state index is 10.3. The Morgan fingerprint density at radius 2 is 2.17 bits per heavy atom. The van der Waals surface area contributed by atoms with Gasteiger partial charge in [0.25, 0.3) is 0 Å². The predicted octanol–water partition coefficient (Wildman–Crippen LogP) is 3.16. The fourth-order valence-corrected chi connectivity index (χ4v) is 3.40. The van der Waals surface area contributed by atoms with Crippen LogP contribution in [0.2, 0.25) is 0 Å². The molecule has 0 unspecified atom stereocenters.